The van der Waals surface area contributed by atoms with Crippen molar-refractivity contribution >= 4 is 29.1 Å². The molecule has 0 aliphatic heterocycles. The Hall–Kier alpha value is -3.27. The Kier molecular flexibility index (Phi) is 7.93. The number of anilines is 1. The van der Waals surface area contributed by atoms with E-state index in [0.29, 0.717) is 5.69 Å². The number of rotatable bonds is 9. The Bertz CT molecular complexity index is 1080. The molecular formula is C22H24ClFN6O2. The second-order valence-electron chi connectivity index (χ2n) is 7.12. The number of nitrogens with one attached hydrogen (secondary N) is 3. The lowest BCUT2D eigenvalue weighted by molar-refractivity contribution is -0.123. The SMILES string of the molecule is CNC(CC(N)C(=O)NCc1ccccc1-n1ccnc1)C(=O)Nc1ccc(F)c(Cl)c1. The molecule has 0 saturated carbocycles. The maximum atomic E-state index is 13.3. The molecule has 0 aliphatic rings. The minimum atomic E-state index is -0.921. The fraction of sp³-hybridized carbons (Fsp3) is 0.227. The van der Waals surface area contributed by atoms with Gasteiger partial charge in [-0.1, -0.05) is 29.8 Å². The molecule has 168 valence electrons. The minimum absolute atomic E-state index is 0.0618. The fourth-order valence-electron chi connectivity index (χ4n) is 3.15. The Morgan fingerprint density at radius 2 is 2.00 bits per heavy atom. The van der Waals surface area contributed by atoms with Crippen LogP contribution in [0.25, 0.3) is 5.69 Å². The Morgan fingerprint density at radius 3 is 2.69 bits per heavy atom. The van der Waals surface area contributed by atoms with Gasteiger partial charge in [-0.25, -0.2) is 9.37 Å². The van der Waals surface area contributed by atoms with Gasteiger partial charge in [0.15, 0.2) is 0 Å². The summed E-state index contributed by atoms with van der Waals surface area (Å²) < 4.78 is 15.2. The van der Waals surface area contributed by atoms with Crippen LogP contribution in [-0.4, -0.2) is 40.5 Å². The van der Waals surface area contributed by atoms with Crippen LogP contribution in [0.1, 0.15) is 12.0 Å². The second kappa shape index (κ2) is 10.9. The van der Waals surface area contributed by atoms with Gasteiger partial charge in [-0.2, -0.15) is 0 Å². The van der Waals surface area contributed by atoms with Crippen molar-refractivity contribution in [2.45, 2.75) is 25.0 Å². The van der Waals surface area contributed by atoms with Gasteiger partial charge in [-0.05, 0) is 43.3 Å². The van der Waals surface area contributed by atoms with E-state index in [1.807, 2.05) is 35.0 Å². The average Bonchev–Trinajstić information content (AvgIpc) is 3.33. The summed E-state index contributed by atoms with van der Waals surface area (Å²) in [6, 6.07) is 9.82. The highest BCUT2D eigenvalue weighted by atomic mass is 35.5. The number of aromatic nitrogens is 2. The van der Waals surface area contributed by atoms with E-state index in [1.54, 1.807) is 19.6 Å². The quantitative estimate of drug-likeness (QED) is 0.392. The van der Waals surface area contributed by atoms with Crippen LogP contribution in [0.2, 0.25) is 5.02 Å². The smallest absolute Gasteiger partial charge is 0.241 e. The molecule has 3 aromatic rings. The summed E-state index contributed by atoms with van der Waals surface area (Å²) >= 11 is 5.75. The van der Waals surface area contributed by atoms with Gasteiger partial charge in [0.05, 0.1) is 29.1 Å². The standard InChI is InChI=1S/C22H24ClFN6O2/c1-26-19(22(32)29-15-6-7-17(24)16(23)10-15)11-18(25)21(31)28-12-14-4-2-3-5-20(14)30-9-8-27-13-30/h2-10,13,18-19,26H,11-12,25H2,1H3,(H,28,31)(H,29,32). The number of nitrogens with zero attached hydrogens (tertiary/aromatic N) is 2. The Morgan fingerprint density at radius 1 is 1.22 bits per heavy atom. The first kappa shape index (κ1) is 23.4. The van der Waals surface area contributed by atoms with Crippen molar-refractivity contribution < 1.29 is 14.0 Å². The maximum Gasteiger partial charge on any atom is 0.241 e. The van der Waals surface area contributed by atoms with Crippen LogP contribution in [0, 0.1) is 5.82 Å². The van der Waals surface area contributed by atoms with E-state index in [0.717, 1.165) is 17.3 Å². The lowest BCUT2D eigenvalue weighted by Crippen LogP contribution is -2.48. The van der Waals surface area contributed by atoms with Crippen LogP contribution in [0.4, 0.5) is 10.1 Å². The normalized spacial score (nSPS) is 12.8. The molecule has 2 unspecified atom stereocenters. The van der Waals surface area contributed by atoms with Crippen molar-refractivity contribution in [3.05, 3.63) is 77.6 Å². The number of carbonyl (C=O) groups is 2. The number of likely N-dealkylation sites (N-methyl/N-ethyl adjacent to an activating group) is 1. The third-order valence-corrected chi connectivity index (χ3v) is 5.20. The number of carbonyl (C=O) groups excluding carboxylic acids is 2. The van der Waals surface area contributed by atoms with E-state index in [9.17, 15) is 14.0 Å². The monoisotopic (exact) mass is 458 g/mol. The highest BCUT2D eigenvalue weighted by Crippen LogP contribution is 2.19. The molecule has 5 N–H and O–H groups in total. The van der Waals surface area contributed by atoms with E-state index in [1.165, 1.54) is 12.1 Å². The summed E-state index contributed by atoms with van der Waals surface area (Å²) in [6.45, 7) is 0.269. The zero-order chi connectivity index (χ0) is 23.1. The van der Waals surface area contributed by atoms with Crippen LogP contribution in [0.5, 0.6) is 0 Å². The van der Waals surface area contributed by atoms with Crippen LogP contribution < -0.4 is 21.7 Å². The van der Waals surface area contributed by atoms with Crippen LogP contribution in [0.15, 0.2) is 61.2 Å². The number of imidazole rings is 1. The molecule has 0 spiro atoms. The molecule has 0 aliphatic carbocycles. The Balaban J connectivity index is 1.57. The summed E-state index contributed by atoms with van der Waals surface area (Å²) in [5.41, 5.74) is 8.17. The molecule has 2 atom stereocenters. The molecule has 1 heterocycles. The van der Waals surface area contributed by atoms with Gasteiger partial charge < -0.3 is 26.3 Å². The summed E-state index contributed by atoms with van der Waals surface area (Å²) in [5, 5.41) is 8.20. The zero-order valence-electron chi connectivity index (χ0n) is 17.4. The average molecular weight is 459 g/mol. The number of nitrogens with two attached hydrogens (primary N) is 1. The summed E-state index contributed by atoms with van der Waals surface area (Å²) in [4.78, 5) is 29.1. The number of hydrogen-bond acceptors (Lipinski definition) is 5. The summed E-state index contributed by atoms with van der Waals surface area (Å²) in [6.07, 6.45) is 5.23. The maximum absolute atomic E-state index is 13.3. The molecule has 0 bridgehead atoms. The molecule has 2 aromatic carbocycles. The van der Waals surface area contributed by atoms with Gasteiger partial charge >= 0.3 is 0 Å². The first-order valence-electron chi connectivity index (χ1n) is 9.91. The van der Waals surface area contributed by atoms with Gasteiger partial charge in [-0.3, -0.25) is 9.59 Å². The molecule has 0 fully saturated rings. The summed E-state index contributed by atoms with van der Waals surface area (Å²) in [5.74, 6) is -1.38. The van der Waals surface area contributed by atoms with Crippen molar-refractivity contribution in [2.75, 3.05) is 12.4 Å². The number of amides is 2. The zero-order valence-corrected chi connectivity index (χ0v) is 18.1. The van der Waals surface area contributed by atoms with Crippen molar-refractivity contribution in [1.29, 1.82) is 0 Å². The minimum Gasteiger partial charge on any atom is -0.351 e. The van der Waals surface area contributed by atoms with E-state index >= 15 is 0 Å². The molecule has 10 heteroatoms. The lowest BCUT2D eigenvalue weighted by Gasteiger charge is -2.20. The topological polar surface area (TPSA) is 114 Å². The second-order valence-corrected chi connectivity index (χ2v) is 7.53. The van der Waals surface area contributed by atoms with Gasteiger partial charge in [-0.15, -0.1) is 0 Å². The highest BCUT2D eigenvalue weighted by molar-refractivity contribution is 6.31. The van der Waals surface area contributed by atoms with Gasteiger partial charge in [0.1, 0.15) is 5.82 Å². The first-order chi connectivity index (χ1) is 15.4. The third-order valence-electron chi connectivity index (χ3n) is 4.91. The van der Waals surface area contributed by atoms with Crippen molar-refractivity contribution in [3.63, 3.8) is 0 Å². The summed E-state index contributed by atoms with van der Waals surface area (Å²) in [7, 11) is 1.59. The predicted molar refractivity (Wildman–Crippen MR) is 121 cm³/mol. The van der Waals surface area contributed by atoms with E-state index in [4.69, 9.17) is 17.3 Å². The highest BCUT2D eigenvalue weighted by Gasteiger charge is 2.24. The number of halogens is 2. The number of benzene rings is 2. The molecule has 8 nitrogen and oxygen atoms in total. The largest absolute Gasteiger partial charge is 0.351 e. The molecule has 0 saturated heterocycles. The third kappa shape index (κ3) is 5.91. The fourth-order valence-corrected chi connectivity index (χ4v) is 3.33. The van der Waals surface area contributed by atoms with Crippen molar-refractivity contribution in [1.82, 2.24) is 20.2 Å². The molecule has 3 rings (SSSR count). The predicted octanol–water partition coefficient (Wildman–Crippen LogP) is 2.23. The van der Waals surface area contributed by atoms with Gasteiger partial charge in [0.25, 0.3) is 0 Å². The van der Waals surface area contributed by atoms with E-state index in [-0.39, 0.29) is 23.9 Å². The molecule has 32 heavy (non-hydrogen) atoms. The van der Waals surface area contributed by atoms with Gasteiger partial charge in [0.2, 0.25) is 11.8 Å². The molecule has 2 amide bonds. The van der Waals surface area contributed by atoms with Crippen LogP contribution >= 0.6 is 11.6 Å². The first-order valence-corrected chi connectivity index (χ1v) is 10.3. The number of para-hydroxylation sites is 1. The van der Waals surface area contributed by atoms with Crippen LogP contribution in [0.3, 0.4) is 0 Å². The van der Waals surface area contributed by atoms with Gasteiger partial charge in [0, 0.05) is 24.6 Å². The Labute approximate surface area is 190 Å². The van der Waals surface area contributed by atoms with Crippen molar-refractivity contribution in [2.24, 2.45) is 5.73 Å². The molecular weight excluding hydrogens is 435 g/mol. The van der Waals surface area contributed by atoms with E-state index < -0.39 is 23.8 Å². The van der Waals surface area contributed by atoms with Crippen LogP contribution in [-0.2, 0) is 16.1 Å². The molecule has 1 aromatic heterocycles. The lowest BCUT2D eigenvalue weighted by atomic mass is 10.1. The van der Waals surface area contributed by atoms with E-state index in [2.05, 4.69) is 20.9 Å². The molecule has 0 radical (unpaired) electrons. The number of hydrogen-bond donors (Lipinski definition) is 4. The van der Waals surface area contributed by atoms with Crippen molar-refractivity contribution in [3.8, 4) is 5.69 Å².